The van der Waals surface area contributed by atoms with Gasteiger partial charge in [-0.25, -0.2) is 23.1 Å². The number of hydrogen-bond acceptors (Lipinski definition) is 8. The molecule has 10 nitrogen and oxygen atoms in total. The predicted molar refractivity (Wildman–Crippen MR) is 113 cm³/mol. The number of rotatable bonds is 5. The molecule has 0 bridgehead atoms. The highest BCUT2D eigenvalue weighted by molar-refractivity contribution is 9.10. The number of hydrogen-bond donors (Lipinski definition) is 4. The SMILES string of the molecule is CNS(=O)(=O)c1ccc(N2CCCC(O)C2)c(Nc2ncnc3[nH]nc(Br)c23)c1. The molecule has 4 rings (SSSR count). The van der Waals surface area contributed by atoms with Crippen molar-refractivity contribution >= 4 is 54.2 Å². The normalized spacial score (nSPS) is 17.6. The van der Waals surface area contributed by atoms with E-state index < -0.39 is 16.1 Å². The van der Waals surface area contributed by atoms with E-state index in [0.29, 0.717) is 33.7 Å². The largest absolute Gasteiger partial charge is 0.391 e. The van der Waals surface area contributed by atoms with Crippen LogP contribution < -0.4 is 14.9 Å². The van der Waals surface area contributed by atoms with Gasteiger partial charge in [0.2, 0.25) is 10.0 Å². The van der Waals surface area contributed by atoms with E-state index in [1.54, 1.807) is 18.2 Å². The van der Waals surface area contributed by atoms with Crippen molar-refractivity contribution in [3.05, 3.63) is 29.1 Å². The van der Waals surface area contributed by atoms with Crippen molar-refractivity contribution in [3.8, 4) is 0 Å². The molecular weight excluding hydrogens is 462 g/mol. The minimum absolute atomic E-state index is 0.125. The van der Waals surface area contributed by atoms with Gasteiger partial charge < -0.3 is 15.3 Å². The van der Waals surface area contributed by atoms with E-state index in [2.05, 4.69) is 46.1 Å². The second-order valence-electron chi connectivity index (χ2n) is 6.71. The Morgan fingerprint density at radius 1 is 1.34 bits per heavy atom. The van der Waals surface area contributed by atoms with Crippen molar-refractivity contribution in [1.29, 1.82) is 0 Å². The van der Waals surface area contributed by atoms with E-state index in [1.807, 2.05) is 4.90 Å². The Labute approximate surface area is 175 Å². The Balaban J connectivity index is 1.82. The van der Waals surface area contributed by atoms with Crippen LogP contribution >= 0.6 is 15.9 Å². The van der Waals surface area contributed by atoms with E-state index in [9.17, 15) is 13.5 Å². The molecule has 0 aliphatic carbocycles. The number of aromatic nitrogens is 4. The molecule has 12 heteroatoms. The van der Waals surface area contributed by atoms with Crippen LogP contribution in [0.25, 0.3) is 11.0 Å². The Kier molecular flexibility index (Phi) is 5.42. The summed E-state index contributed by atoms with van der Waals surface area (Å²) < 4.78 is 27.5. The van der Waals surface area contributed by atoms with Gasteiger partial charge in [-0.3, -0.25) is 5.10 Å². The molecule has 0 amide bonds. The number of piperidine rings is 1. The third-order valence-electron chi connectivity index (χ3n) is 4.85. The van der Waals surface area contributed by atoms with Crippen LogP contribution in [-0.2, 0) is 10.0 Å². The summed E-state index contributed by atoms with van der Waals surface area (Å²) in [7, 11) is -2.26. The van der Waals surface area contributed by atoms with E-state index >= 15 is 0 Å². The first kappa shape index (κ1) is 20.0. The Morgan fingerprint density at radius 2 is 2.17 bits per heavy atom. The van der Waals surface area contributed by atoms with Crippen LogP contribution in [0.15, 0.2) is 34.0 Å². The van der Waals surface area contributed by atoms with Crippen molar-refractivity contribution in [3.63, 3.8) is 0 Å². The van der Waals surface area contributed by atoms with E-state index in [1.165, 1.54) is 13.4 Å². The van der Waals surface area contributed by atoms with Crippen LogP contribution in [0.2, 0.25) is 0 Å². The third-order valence-corrected chi connectivity index (χ3v) is 6.84. The minimum Gasteiger partial charge on any atom is -0.391 e. The van der Waals surface area contributed by atoms with Crippen LogP contribution in [0.5, 0.6) is 0 Å². The molecule has 0 radical (unpaired) electrons. The number of nitrogens with one attached hydrogen (secondary N) is 3. The highest BCUT2D eigenvalue weighted by Gasteiger charge is 2.23. The zero-order valence-corrected chi connectivity index (χ0v) is 18.0. The van der Waals surface area contributed by atoms with E-state index in [-0.39, 0.29) is 4.90 Å². The number of aliphatic hydroxyl groups is 1. The number of halogens is 1. The summed E-state index contributed by atoms with van der Waals surface area (Å²) in [4.78, 5) is 10.6. The zero-order chi connectivity index (χ0) is 20.6. The highest BCUT2D eigenvalue weighted by Crippen LogP contribution is 2.35. The molecule has 1 atom stereocenters. The molecule has 29 heavy (non-hydrogen) atoms. The van der Waals surface area contributed by atoms with Crippen LogP contribution in [0.1, 0.15) is 12.8 Å². The molecule has 1 aliphatic heterocycles. The molecule has 1 unspecified atom stereocenters. The number of benzene rings is 1. The molecule has 1 fully saturated rings. The van der Waals surface area contributed by atoms with E-state index in [4.69, 9.17) is 0 Å². The molecule has 154 valence electrons. The van der Waals surface area contributed by atoms with Crippen molar-refractivity contribution in [2.24, 2.45) is 0 Å². The third kappa shape index (κ3) is 3.92. The summed E-state index contributed by atoms with van der Waals surface area (Å²) in [5.74, 6) is 0.480. The molecule has 3 heterocycles. The van der Waals surface area contributed by atoms with Crippen LogP contribution in [0.4, 0.5) is 17.2 Å². The minimum atomic E-state index is -3.63. The Bertz CT molecular complexity index is 1150. The number of β-amino-alcohol motifs (C(OH)–C–C–N with tert-alkyl or cyclic N) is 1. The van der Waals surface area contributed by atoms with Crippen molar-refractivity contribution in [1.82, 2.24) is 24.9 Å². The van der Waals surface area contributed by atoms with Crippen LogP contribution in [-0.4, -0.2) is 59.9 Å². The topological polar surface area (TPSA) is 136 Å². The molecule has 0 spiro atoms. The van der Waals surface area contributed by atoms with Crippen molar-refractivity contribution < 1.29 is 13.5 Å². The second kappa shape index (κ2) is 7.86. The van der Waals surface area contributed by atoms with Gasteiger partial charge in [-0.15, -0.1) is 0 Å². The number of sulfonamides is 1. The lowest BCUT2D eigenvalue weighted by Crippen LogP contribution is -2.38. The molecule has 1 aliphatic rings. The second-order valence-corrected chi connectivity index (χ2v) is 9.35. The summed E-state index contributed by atoms with van der Waals surface area (Å²) in [6.45, 7) is 1.24. The lowest BCUT2D eigenvalue weighted by molar-refractivity contribution is 0.154. The van der Waals surface area contributed by atoms with Crippen molar-refractivity contribution in [2.45, 2.75) is 23.8 Å². The number of fused-ring (bicyclic) bond motifs is 1. The van der Waals surface area contributed by atoms with Gasteiger partial charge in [0.15, 0.2) is 5.65 Å². The summed E-state index contributed by atoms with van der Waals surface area (Å²) in [6.07, 6.45) is 2.57. The maximum absolute atomic E-state index is 12.3. The Hall–Kier alpha value is -2.28. The maximum atomic E-state index is 12.3. The molecule has 3 aromatic rings. The van der Waals surface area contributed by atoms with Gasteiger partial charge in [-0.05, 0) is 54.0 Å². The molecular formula is C17H20BrN7O3S. The molecule has 0 saturated carbocycles. The van der Waals surface area contributed by atoms with Gasteiger partial charge >= 0.3 is 0 Å². The number of nitrogens with zero attached hydrogens (tertiary/aromatic N) is 4. The van der Waals surface area contributed by atoms with Crippen LogP contribution in [0, 0.1) is 0 Å². The smallest absolute Gasteiger partial charge is 0.240 e. The summed E-state index contributed by atoms with van der Waals surface area (Å²) in [6, 6.07) is 4.86. The number of anilines is 3. The number of aliphatic hydroxyl groups excluding tert-OH is 1. The maximum Gasteiger partial charge on any atom is 0.240 e. The fraction of sp³-hybridized carbons (Fsp3) is 0.353. The first-order chi connectivity index (χ1) is 13.9. The van der Waals surface area contributed by atoms with Gasteiger partial charge in [0, 0.05) is 13.1 Å². The fourth-order valence-corrected chi connectivity index (χ4v) is 4.62. The summed E-state index contributed by atoms with van der Waals surface area (Å²) >= 11 is 3.38. The van der Waals surface area contributed by atoms with Gasteiger partial charge in [0.1, 0.15) is 16.7 Å². The first-order valence-corrected chi connectivity index (χ1v) is 11.3. The summed E-state index contributed by atoms with van der Waals surface area (Å²) in [5.41, 5.74) is 1.89. The lowest BCUT2D eigenvalue weighted by Gasteiger charge is -2.33. The zero-order valence-electron chi connectivity index (χ0n) is 15.6. The number of aromatic amines is 1. The van der Waals surface area contributed by atoms with Gasteiger partial charge in [0.05, 0.1) is 27.8 Å². The standard InChI is InChI=1S/C17H20BrN7O3S/c1-19-29(27,28)11-4-5-13(25-6-2-3-10(26)8-25)12(7-11)22-16-14-15(18)23-24-17(14)21-9-20-16/h4-5,7,9-10,19,26H,2-3,6,8H2,1H3,(H2,20,21,22,23,24). The van der Waals surface area contributed by atoms with E-state index in [0.717, 1.165) is 25.1 Å². The lowest BCUT2D eigenvalue weighted by atomic mass is 10.1. The van der Waals surface area contributed by atoms with Crippen molar-refractivity contribution in [2.75, 3.05) is 30.4 Å². The fourth-order valence-electron chi connectivity index (χ4n) is 3.40. The summed E-state index contributed by atoms with van der Waals surface area (Å²) in [5, 5.41) is 20.9. The van der Waals surface area contributed by atoms with Gasteiger partial charge in [0.25, 0.3) is 0 Å². The molecule has 1 saturated heterocycles. The average molecular weight is 482 g/mol. The molecule has 2 aromatic heterocycles. The first-order valence-electron chi connectivity index (χ1n) is 9.01. The monoisotopic (exact) mass is 481 g/mol. The van der Waals surface area contributed by atoms with Gasteiger partial charge in [-0.1, -0.05) is 0 Å². The Morgan fingerprint density at radius 3 is 2.93 bits per heavy atom. The average Bonchev–Trinajstić information content (AvgIpc) is 3.10. The van der Waals surface area contributed by atoms with Crippen LogP contribution in [0.3, 0.4) is 0 Å². The molecule has 4 N–H and O–H groups in total. The quantitative estimate of drug-likeness (QED) is 0.432. The number of H-pyrrole nitrogens is 1. The van der Waals surface area contributed by atoms with Gasteiger partial charge in [-0.2, -0.15) is 5.10 Å². The highest BCUT2D eigenvalue weighted by atomic mass is 79.9. The predicted octanol–water partition coefficient (Wildman–Crippen LogP) is 1.73. The molecule has 1 aromatic carbocycles.